The average Bonchev–Trinajstić information content (AvgIpc) is 2.52. The Balaban J connectivity index is 2.56. The van der Waals surface area contributed by atoms with Crippen molar-refractivity contribution in [2.45, 2.75) is 32.2 Å². The van der Waals surface area contributed by atoms with Gasteiger partial charge in [0.2, 0.25) is 5.91 Å². The first-order valence-corrected chi connectivity index (χ1v) is 4.70. The van der Waals surface area contributed by atoms with Gasteiger partial charge in [-0.25, -0.2) is 4.79 Å². The van der Waals surface area contributed by atoms with Crippen molar-refractivity contribution in [3.05, 3.63) is 12.2 Å². The maximum absolute atomic E-state index is 11.2. The van der Waals surface area contributed by atoms with Gasteiger partial charge in [0.1, 0.15) is 0 Å². The van der Waals surface area contributed by atoms with Crippen LogP contribution in [0.2, 0.25) is 0 Å². The van der Waals surface area contributed by atoms with Crippen LogP contribution in [-0.4, -0.2) is 34.5 Å². The summed E-state index contributed by atoms with van der Waals surface area (Å²) in [5, 5.41) is 8.66. The van der Waals surface area contributed by atoms with Crippen molar-refractivity contribution < 1.29 is 14.7 Å². The molecule has 1 aliphatic heterocycles. The molecule has 1 atom stereocenters. The molecule has 0 radical (unpaired) electrons. The van der Waals surface area contributed by atoms with E-state index in [-0.39, 0.29) is 17.5 Å². The third kappa shape index (κ3) is 2.34. The second-order valence-electron chi connectivity index (χ2n) is 3.62. The fourth-order valence-electron chi connectivity index (χ4n) is 1.83. The van der Waals surface area contributed by atoms with Crippen molar-refractivity contribution in [2.75, 3.05) is 6.54 Å². The zero-order valence-corrected chi connectivity index (χ0v) is 8.32. The Morgan fingerprint density at radius 3 is 2.71 bits per heavy atom. The summed E-state index contributed by atoms with van der Waals surface area (Å²) < 4.78 is 0. The molecule has 1 N–H and O–H groups in total. The molecule has 4 heteroatoms. The molecule has 1 heterocycles. The quantitative estimate of drug-likeness (QED) is 0.687. The lowest BCUT2D eigenvalue weighted by Gasteiger charge is -2.23. The Labute approximate surface area is 83.2 Å². The fourth-order valence-corrected chi connectivity index (χ4v) is 1.83. The number of hydrogen-bond acceptors (Lipinski definition) is 2. The minimum atomic E-state index is -0.972. The van der Waals surface area contributed by atoms with E-state index in [1.54, 1.807) is 4.90 Å². The third-order valence-corrected chi connectivity index (χ3v) is 2.57. The van der Waals surface area contributed by atoms with E-state index < -0.39 is 5.97 Å². The summed E-state index contributed by atoms with van der Waals surface area (Å²) in [6, 6.07) is 0.0381. The van der Waals surface area contributed by atoms with Crippen molar-refractivity contribution in [2.24, 2.45) is 0 Å². The van der Waals surface area contributed by atoms with Gasteiger partial charge in [-0.1, -0.05) is 6.58 Å². The smallest absolute Gasteiger partial charge is 0.331 e. The number of carboxylic acids is 1. The largest absolute Gasteiger partial charge is 0.478 e. The van der Waals surface area contributed by atoms with Gasteiger partial charge in [0.05, 0.1) is 0 Å². The van der Waals surface area contributed by atoms with E-state index in [4.69, 9.17) is 5.11 Å². The van der Waals surface area contributed by atoms with Crippen LogP contribution in [0, 0.1) is 0 Å². The highest BCUT2D eigenvalue weighted by molar-refractivity contribution is 5.86. The van der Waals surface area contributed by atoms with E-state index in [0.29, 0.717) is 6.42 Å². The van der Waals surface area contributed by atoms with Crippen LogP contribution in [0.15, 0.2) is 12.2 Å². The molecule has 0 spiro atoms. The van der Waals surface area contributed by atoms with Crippen LogP contribution < -0.4 is 0 Å². The van der Waals surface area contributed by atoms with Crippen LogP contribution in [0.1, 0.15) is 26.2 Å². The van der Waals surface area contributed by atoms with Crippen LogP contribution in [0.5, 0.6) is 0 Å². The van der Waals surface area contributed by atoms with Gasteiger partial charge in [0.15, 0.2) is 0 Å². The van der Waals surface area contributed by atoms with Crippen LogP contribution in [0.3, 0.4) is 0 Å². The van der Waals surface area contributed by atoms with Crippen LogP contribution in [0.4, 0.5) is 0 Å². The summed E-state index contributed by atoms with van der Waals surface area (Å²) in [4.78, 5) is 23.4. The Kier molecular flexibility index (Phi) is 3.28. The second kappa shape index (κ2) is 4.26. The third-order valence-electron chi connectivity index (χ3n) is 2.57. The standard InChI is InChI=1S/C10H15NO3/c1-7(10(13)14)6-9-4-3-5-11(9)8(2)12/h9H,1,3-6H2,2H3,(H,13,14)/t9-/m0/s1. The highest BCUT2D eigenvalue weighted by Gasteiger charge is 2.27. The summed E-state index contributed by atoms with van der Waals surface area (Å²) in [5.74, 6) is -0.953. The average molecular weight is 197 g/mol. The van der Waals surface area contributed by atoms with Crippen molar-refractivity contribution >= 4 is 11.9 Å². The molecule has 78 valence electrons. The van der Waals surface area contributed by atoms with Gasteiger partial charge < -0.3 is 10.0 Å². The van der Waals surface area contributed by atoms with Crippen molar-refractivity contribution in [3.63, 3.8) is 0 Å². The van der Waals surface area contributed by atoms with E-state index in [1.165, 1.54) is 6.92 Å². The Bertz CT molecular complexity index is 273. The van der Waals surface area contributed by atoms with Crippen LogP contribution in [0.25, 0.3) is 0 Å². The van der Waals surface area contributed by atoms with Gasteiger partial charge in [-0.2, -0.15) is 0 Å². The number of rotatable bonds is 3. The van der Waals surface area contributed by atoms with Gasteiger partial charge in [-0.3, -0.25) is 4.79 Å². The molecule has 14 heavy (non-hydrogen) atoms. The van der Waals surface area contributed by atoms with E-state index >= 15 is 0 Å². The molecule has 1 amide bonds. The Morgan fingerprint density at radius 2 is 2.21 bits per heavy atom. The van der Waals surface area contributed by atoms with E-state index in [2.05, 4.69) is 6.58 Å². The molecule has 1 saturated heterocycles. The Morgan fingerprint density at radius 1 is 1.57 bits per heavy atom. The zero-order chi connectivity index (χ0) is 10.7. The zero-order valence-electron chi connectivity index (χ0n) is 8.32. The maximum Gasteiger partial charge on any atom is 0.331 e. The normalized spacial score (nSPS) is 20.9. The first-order valence-electron chi connectivity index (χ1n) is 4.70. The highest BCUT2D eigenvalue weighted by Crippen LogP contribution is 2.22. The predicted molar refractivity (Wildman–Crippen MR) is 51.8 cm³/mol. The van der Waals surface area contributed by atoms with Gasteiger partial charge in [0.25, 0.3) is 0 Å². The monoisotopic (exact) mass is 197 g/mol. The molecular formula is C10H15NO3. The number of amides is 1. The molecule has 0 bridgehead atoms. The molecule has 1 aliphatic rings. The van der Waals surface area contributed by atoms with Crippen molar-refractivity contribution in [1.29, 1.82) is 0 Å². The highest BCUT2D eigenvalue weighted by atomic mass is 16.4. The summed E-state index contributed by atoms with van der Waals surface area (Å²) in [6.45, 7) is 5.73. The minimum Gasteiger partial charge on any atom is -0.478 e. The van der Waals surface area contributed by atoms with Gasteiger partial charge in [0, 0.05) is 25.1 Å². The fraction of sp³-hybridized carbons (Fsp3) is 0.600. The summed E-state index contributed by atoms with van der Waals surface area (Å²) >= 11 is 0. The minimum absolute atomic E-state index is 0.0192. The van der Waals surface area contributed by atoms with Crippen LogP contribution in [-0.2, 0) is 9.59 Å². The van der Waals surface area contributed by atoms with Crippen LogP contribution >= 0.6 is 0 Å². The molecular weight excluding hydrogens is 182 g/mol. The second-order valence-corrected chi connectivity index (χ2v) is 3.62. The number of hydrogen-bond donors (Lipinski definition) is 1. The number of carbonyl (C=O) groups excluding carboxylic acids is 1. The molecule has 0 saturated carbocycles. The first-order chi connectivity index (χ1) is 6.52. The summed E-state index contributed by atoms with van der Waals surface area (Å²) in [6.07, 6.45) is 2.22. The van der Waals surface area contributed by atoms with Crippen molar-refractivity contribution in [3.8, 4) is 0 Å². The molecule has 0 aromatic heterocycles. The summed E-state index contributed by atoms with van der Waals surface area (Å²) in [5.41, 5.74) is 0.183. The van der Waals surface area contributed by atoms with E-state index in [1.807, 2.05) is 0 Å². The number of nitrogens with zero attached hydrogens (tertiary/aromatic N) is 1. The Hall–Kier alpha value is -1.32. The lowest BCUT2D eigenvalue weighted by molar-refractivity contribution is -0.134. The number of aliphatic carboxylic acids is 1. The number of carboxylic acid groups (broad SMARTS) is 1. The SMILES string of the molecule is C=C(C[C@@H]1CCCN1C(C)=O)C(=O)O. The van der Waals surface area contributed by atoms with Gasteiger partial charge in [-0.15, -0.1) is 0 Å². The lowest BCUT2D eigenvalue weighted by Crippen LogP contribution is -2.34. The molecule has 0 aromatic rings. The molecule has 4 nitrogen and oxygen atoms in total. The maximum atomic E-state index is 11.2. The van der Waals surface area contributed by atoms with Crippen molar-refractivity contribution in [1.82, 2.24) is 4.90 Å². The lowest BCUT2D eigenvalue weighted by atomic mass is 10.1. The summed E-state index contributed by atoms with van der Waals surface area (Å²) in [7, 11) is 0. The molecule has 0 aliphatic carbocycles. The molecule has 0 unspecified atom stereocenters. The molecule has 1 fully saturated rings. The van der Waals surface area contributed by atoms with E-state index in [9.17, 15) is 9.59 Å². The van der Waals surface area contributed by atoms with Gasteiger partial charge >= 0.3 is 5.97 Å². The number of likely N-dealkylation sites (tertiary alicyclic amines) is 1. The number of carbonyl (C=O) groups is 2. The molecule has 0 aromatic carbocycles. The van der Waals surface area contributed by atoms with E-state index in [0.717, 1.165) is 19.4 Å². The van der Waals surface area contributed by atoms with Gasteiger partial charge in [-0.05, 0) is 19.3 Å². The first kappa shape index (κ1) is 10.8. The molecule has 1 rings (SSSR count). The predicted octanol–water partition coefficient (Wildman–Crippen LogP) is 1.03. The topological polar surface area (TPSA) is 57.6 Å².